The number of nitrogens with zero attached hydrogens (tertiary/aromatic N) is 3. The third kappa shape index (κ3) is 4.81. The molecule has 0 aliphatic carbocycles. The van der Waals surface area contributed by atoms with Crippen LogP contribution in [-0.4, -0.2) is 49.4 Å². The zero-order valence-corrected chi connectivity index (χ0v) is 19.0. The van der Waals surface area contributed by atoms with Gasteiger partial charge in [0.2, 0.25) is 5.91 Å². The molecule has 1 spiro atoms. The predicted molar refractivity (Wildman–Crippen MR) is 120 cm³/mol. The Kier molecular flexibility index (Phi) is 6.45. The first-order valence-electron chi connectivity index (χ1n) is 11.2. The van der Waals surface area contributed by atoms with Gasteiger partial charge in [0, 0.05) is 37.9 Å². The highest BCUT2D eigenvalue weighted by Crippen LogP contribution is 2.46. The summed E-state index contributed by atoms with van der Waals surface area (Å²) < 4.78 is 54.2. The van der Waals surface area contributed by atoms with Gasteiger partial charge in [0.15, 0.2) is 0 Å². The normalized spacial score (nSPS) is 19.5. The van der Waals surface area contributed by atoms with Crippen LogP contribution in [0.4, 0.5) is 23.2 Å². The summed E-state index contributed by atoms with van der Waals surface area (Å²) in [7, 11) is 1.48. The molecule has 6 nitrogen and oxygen atoms in total. The lowest BCUT2D eigenvalue weighted by atomic mass is 9.76. The molecule has 2 aromatic carbocycles. The minimum absolute atomic E-state index is 0.222. The molecule has 184 valence electrons. The smallest absolute Gasteiger partial charge is 0.359 e. The standard InChI is InChI=1S/C25H24F4N4O2/c1-31-22(34)21-13-24(7-9-32(10-8-24)23(35)16-3-2-4-18(26)11-16)15-33(21)19-6-5-17(14-30)20(12-19)25(27,28)29/h2-6,11-12,21H,7-10,13,15H2,1H3,(H,31,34). The van der Waals surface area contributed by atoms with Crippen molar-refractivity contribution in [1.29, 1.82) is 5.26 Å². The molecule has 2 aromatic rings. The SMILES string of the molecule is CNC(=O)C1CC2(CCN(C(=O)c3cccc(F)c3)CC2)CN1c1ccc(C#N)c(C(F)(F)F)c1. The second kappa shape index (κ2) is 9.21. The summed E-state index contributed by atoms with van der Waals surface area (Å²) in [6, 6.07) is 9.87. The second-order valence-electron chi connectivity index (χ2n) is 9.10. The Bertz CT molecular complexity index is 1180. The Labute approximate surface area is 200 Å². The summed E-state index contributed by atoms with van der Waals surface area (Å²) in [5.74, 6) is -1.08. The second-order valence-corrected chi connectivity index (χ2v) is 9.10. The number of anilines is 1. The lowest BCUT2D eigenvalue weighted by Gasteiger charge is -2.39. The molecule has 1 unspecified atom stereocenters. The Hall–Kier alpha value is -3.61. The summed E-state index contributed by atoms with van der Waals surface area (Å²) in [5.41, 5.74) is -1.41. The van der Waals surface area contributed by atoms with Gasteiger partial charge in [0.1, 0.15) is 11.9 Å². The maximum absolute atomic E-state index is 13.5. The van der Waals surface area contributed by atoms with Gasteiger partial charge in [-0.2, -0.15) is 18.4 Å². The van der Waals surface area contributed by atoms with Gasteiger partial charge in [0.25, 0.3) is 5.91 Å². The molecule has 2 fully saturated rings. The number of hydrogen-bond donors (Lipinski definition) is 1. The number of nitriles is 1. The van der Waals surface area contributed by atoms with E-state index >= 15 is 0 Å². The van der Waals surface area contributed by atoms with Gasteiger partial charge >= 0.3 is 6.18 Å². The minimum atomic E-state index is -4.70. The summed E-state index contributed by atoms with van der Waals surface area (Å²) in [6.07, 6.45) is -3.17. The fourth-order valence-corrected chi connectivity index (χ4v) is 5.12. The number of piperidine rings is 1. The van der Waals surface area contributed by atoms with Gasteiger partial charge in [0.05, 0.1) is 17.2 Å². The average molecular weight is 488 g/mol. The van der Waals surface area contributed by atoms with Crippen LogP contribution in [0.15, 0.2) is 42.5 Å². The number of likely N-dealkylation sites (tertiary alicyclic amines) is 1. The van der Waals surface area contributed by atoms with Crippen molar-refractivity contribution in [3.05, 3.63) is 65.0 Å². The molecule has 2 amide bonds. The summed E-state index contributed by atoms with van der Waals surface area (Å²) in [4.78, 5) is 28.8. The predicted octanol–water partition coefficient (Wildman–Crippen LogP) is 3.96. The molecule has 10 heteroatoms. The van der Waals surface area contributed by atoms with Crippen LogP contribution in [0.2, 0.25) is 0 Å². The first kappa shape index (κ1) is 24.5. The highest BCUT2D eigenvalue weighted by atomic mass is 19.4. The van der Waals surface area contributed by atoms with Crippen molar-refractivity contribution in [1.82, 2.24) is 10.2 Å². The number of hydrogen-bond acceptors (Lipinski definition) is 4. The monoisotopic (exact) mass is 488 g/mol. The first-order valence-corrected chi connectivity index (χ1v) is 11.2. The van der Waals surface area contributed by atoms with Crippen LogP contribution in [0.3, 0.4) is 0 Å². The third-order valence-corrected chi connectivity index (χ3v) is 7.00. The molecular formula is C25H24F4N4O2. The maximum atomic E-state index is 13.5. The molecule has 2 aliphatic heterocycles. The van der Waals surface area contributed by atoms with Crippen LogP contribution in [-0.2, 0) is 11.0 Å². The van der Waals surface area contributed by atoms with E-state index in [9.17, 15) is 27.2 Å². The zero-order valence-electron chi connectivity index (χ0n) is 19.0. The minimum Gasteiger partial charge on any atom is -0.359 e. The van der Waals surface area contributed by atoms with E-state index in [4.69, 9.17) is 5.26 Å². The van der Waals surface area contributed by atoms with Crippen molar-refractivity contribution in [2.45, 2.75) is 31.5 Å². The van der Waals surface area contributed by atoms with Crippen LogP contribution in [0.1, 0.15) is 40.7 Å². The Morgan fingerprint density at radius 1 is 1.14 bits per heavy atom. The van der Waals surface area contributed by atoms with E-state index in [0.717, 1.165) is 12.1 Å². The van der Waals surface area contributed by atoms with E-state index in [2.05, 4.69) is 5.32 Å². The van der Waals surface area contributed by atoms with Gasteiger partial charge in [-0.05, 0) is 61.1 Å². The molecule has 4 rings (SSSR count). The Balaban J connectivity index is 1.57. The van der Waals surface area contributed by atoms with E-state index in [1.54, 1.807) is 21.9 Å². The topological polar surface area (TPSA) is 76.4 Å². The van der Waals surface area contributed by atoms with E-state index in [1.165, 1.54) is 31.3 Å². The van der Waals surface area contributed by atoms with Crippen molar-refractivity contribution >= 4 is 17.5 Å². The molecule has 2 saturated heterocycles. The lowest BCUT2D eigenvalue weighted by molar-refractivity contribution is -0.137. The highest BCUT2D eigenvalue weighted by Gasteiger charge is 2.49. The fourth-order valence-electron chi connectivity index (χ4n) is 5.12. The van der Waals surface area contributed by atoms with Crippen molar-refractivity contribution in [2.24, 2.45) is 5.41 Å². The molecule has 0 bridgehead atoms. The lowest BCUT2D eigenvalue weighted by Crippen LogP contribution is -2.44. The van der Waals surface area contributed by atoms with E-state index in [1.807, 2.05) is 0 Å². The largest absolute Gasteiger partial charge is 0.417 e. The molecule has 0 radical (unpaired) electrons. The van der Waals surface area contributed by atoms with Crippen LogP contribution in [0, 0.1) is 22.6 Å². The maximum Gasteiger partial charge on any atom is 0.417 e. The number of likely N-dealkylation sites (N-methyl/N-ethyl adjacent to an activating group) is 1. The van der Waals surface area contributed by atoms with E-state index < -0.39 is 29.2 Å². The summed E-state index contributed by atoms with van der Waals surface area (Å²) >= 11 is 0. The fraction of sp³-hybridized carbons (Fsp3) is 0.400. The van der Waals surface area contributed by atoms with Gasteiger partial charge in [-0.25, -0.2) is 4.39 Å². The number of amides is 2. The van der Waals surface area contributed by atoms with E-state index in [-0.39, 0.29) is 28.5 Å². The zero-order chi connectivity index (χ0) is 25.4. The summed E-state index contributed by atoms with van der Waals surface area (Å²) in [5, 5.41) is 11.7. The number of nitrogens with one attached hydrogen (secondary N) is 1. The molecule has 1 N–H and O–H groups in total. The third-order valence-electron chi connectivity index (χ3n) is 7.00. The van der Waals surface area contributed by atoms with E-state index in [0.29, 0.717) is 38.9 Å². The molecule has 0 aromatic heterocycles. The highest BCUT2D eigenvalue weighted by molar-refractivity contribution is 5.94. The van der Waals surface area contributed by atoms with Crippen LogP contribution < -0.4 is 10.2 Å². The molecule has 35 heavy (non-hydrogen) atoms. The molecule has 0 saturated carbocycles. The van der Waals surface area contributed by atoms with Crippen LogP contribution in [0.5, 0.6) is 0 Å². The number of rotatable bonds is 3. The number of halogens is 4. The molecule has 2 aliphatic rings. The number of alkyl halides is 3. The quantitative estimate of drug-likeness (QED) is 0.664. The Morgan fingerprint density at radius 2 is 1.86 bits per heavy atom. The number of carbonyl (C=O) groups excluding carboxylic acids is 2. The first-order chi connectivity index (χ1) is 16.6. The number of benzene rings is 2. The van der Waals surface area contributed by atoms with Crippen molar-refractivity contribution in [2.75, 3.05) is 31.6 Å². The molecule has 1 atom stereocenters. The van der Waals surface area contributed by atoms with Crippen LogP contribution in [0.25, 0.3) is 0 Å². The van der Waals surface area contributed by atoms with Crippen molar-refractivity contribution < 1.29 is 27.2 Å². The van der Waals surface area contributed by atoms with Gasteiger partial charge in [-0.15, -0.1) is 0 Å². The van der Waals surface area contributed by atoms with Gasteiger partial charge < -0.3 is 15.1 Å². The number of carbonyl (C=O) groups is 2. The molecular weight excluding hydrogens is 464 g/mol. The summed E-state index contributed by atoms with van der Waals surface area (Å²) in [6.45, 7) is 1.13. The van der Waals surface area contributed by atoms with Crippen LogP contribution >= 0.6 is 0 Å². The van der Waals surface area contributed by atoms with Gasteiger partial charge in [-0.1, -0.05) is 6.07 Å². The van der Waals surface area contributed by atoms with Gasteiger partial charge in [-0.3, -0.25) is 9.59 Å². The Morgan fingerprint density at radius 3 is 2.46 bits per heavy atom. The van der Waals surface area contributed by atoms with Crippen molar-refractivity contribution in [3.8, 4) is 6.07 Å². The average Bonchev–Trinajstić information content (AvgIpc) is 3.21. The molecule has 2 heterocycles. The van der Waals surface area contributed by atoms with Crippen molar-refractivity contribution in [3.63, 3.8) is 0 Å².